The van der Waals surface area contributed by atoms with E-state index in [-0.39, 0.29) is 0 Å². The van der Waals surface area contributed by atoms with Crippen LogP contribution in [0.25, 0.3) is 0 Å². The summed E-state index contributed by atoms with van der Waals surface area (Å²) in [5, 5.41) is 2.15. The van der Waals surface area contributed by atoms with Crippen molar-refractivity contribution in [3.63, 3.8) is 0 Å². The Morgan fingerprint density at radius 2 is 1.95 bits per heavy atom. The summed E-state index contributed by atoms with van der Waals surface area (Å²) >= 11 is 5.39. The first kappa shape index (κ1) is 12.4. The van der Waals surface area contributed by atoms with E-state index < -0.39 is 5.79 Å². The zero-order chi connectivity index (χ0) is 12.9. The number of thioether (sulfide) groups is 1. The van der Waals surface area contributed by atoms with Crippen molar-refractivity contribution in [1.29, 1.82) is 0 Å². The Labute approximate surface area is 124 Å². The molecule has 0 amide bonds. The molecule has 0 radical (unpaired) electrons. The predicted molar refractivity (Wildman–Crippen MR) is 80.5 cm³/mol. The lowest BCUT2D eigenvalue weighted by Crippen LogP contribution is -2.41. The average Bonchev–Trinajstić information content (AvgIpc) is 3.05. The van der Waals surface area contributed by atoms with Gasteiger partial charge < -0.3 is 9.47 Å². The molecule has 0 N–H and O–H groups in total. The molecule has 0 aromatic carbocycles. The van der Waals surface area contributed by atoms with Crippen LogP contribution in [-0.4, -0.2) is 19.5 Å². The standard InChI is InChI=1S/C14H14O2S3/c1-17-11-8-10-3-6-16-14(13(10)19-11)12-9(2-5-15-14)4-7-18-12/h4,7-8H,2-3,5-6H2,1H3. The second-order valence-corrected chi connectivity index (χ2v) is 7.79. The fourth-order valence-electron chi connectivity index (χ4n) is 2.81. The molecule has 2 aromatic rings. The van der Waals surface area contributed by atoms with Crippen LogP contribution in [0.1, 0.15) is 20.9 Å². The first-order valence-electron chi connectivity index (χ1n) is 6.35. The molecule has 0 bridgehead atoms. The van der Waals surface area contributed by atoms with E-state index in [9.17, 15) is 0 Å². The van der Waals surface area contributed by atoms with Gasteiger partial charge >= 0.3 is 0 Å². The summed E-state index contributed by atoms with van der Waals surface area (Å²) in [6.07, 6.45) is 4.13. The van der Waals surface area contributed by atoms with Crippen LogP contribution in [-0.2, 0) is 28.1 Å². The molecule has 1 unspecified atom stereocenters. The molecule has 19 heavy (non-hydrogen) atoms. The number of hydrogen-bond donors (Lipinski definition) is 0. The minimum absolute atomic E-state index is 0.603. The van der Waals surface area contributed by atoms with E-state index in [4.69, 9.17) is 9.47 Å². The van der Waals surface area contributed by atoms with Gasteiger partial charge in [-0.1, -0.05) is 0 Å². The Morgan fingerprint density at radius 3 is 2.74 bits per heavy atom. The molecule has 100 valence electrons. The van der Waals surface area contributed by atoms with E-state index in [0.29, 0.717) is 0 Å². The Balaban J connectivity index is 1.92. The zero-order valence-corrected chi connectivity index (χ0v) is 13.1. The average molecular weight is 310 g/mol. The van der Waals surface area contributed by atoms with Gasteiger partial charge in [-0.05, 0) is 47.7 Å². The van der Waals surface area contributed by atoms with Crippen LogP contribution in [0, 0.1) is 0 Å². The van der Waals surface area contributed by atoms with E-state index in [1.54, 1.807) is 23.1 Å². The number of ether oxygens (including phenoxy) is 2. The topological polar surface area (TPSA) is 18.5 Å². The van der Waals surface area contributed by atoms with Crippen LogP contribution in [0.5, 0.6) is 0 Å². The molecule has 0 saturated carbocycles. The van der Waals surface area contributed by atoms with Gasteiger partial charge in [0.25, 0.3) is 0 Å². The summed E-state index contributed by atoms with van der Waals surface area (Å²) in [6.45, 7) is 1.49. The summed E-state index contributed by atoms with van der Waals surface area (Å²) in [6, 6.07) is 4.52. The van der Waals surface area contributed by atoms with Crippen molar-refractivity contribution in [3.05, 3.63) is 38.4 Å². The Kier molecular flexibility index (Phi) is 3.01. The normalized spacial score (nSPS) is 25.3. The number of thiophene rings is 2. The van der Waals surface area contributed by atoms with E-state index in [1.165, 1.54) is 25.1 Å². The van der Waals surface area contributed by atoms with E-state index in [0.717, 1.165) is 26.1 Å². The maximum atomic E-state index is 6.16. The summed E-state index contributed by atoms with van der Waals surface area (Å²) < 4.78 is 13.7. The zero-order valence-electron chi connectivity index (χ0n) is 10.6. The third-order valence-corrected chi connectivity index (χ3v) is 7.05. The molecule has 2 nitrogen and oxygen atoms in total. The lowest BCUT2D eigenvalue weighted by molar-refractivity contribution is -0.225. The van der Waals surface area contributed by atoms with Gasteiger partial charge in [-0.3, -0.25) is 0 Å². The minimum atomic E-state index is -0.603. The lowest BCUT2D eigenvalue weighted by Gasteiger charge is -2.39. The smallest absolute Gasteiger partial charge is 0.241 e. The highest BCUT2D eigenvalue weighted by molar-refractivity contribution is 8.00. The van der Waals surface area contributed by atoms with Crippen LogP contribution in [0.15, 0.2) is 21.7 Å². The van der Waals surface area contributed by atoms with Crippen molar-refractivity contribution in [1.82, 2.24) is 0 Å². The second kappa shape index (κ2) is 4.60. The SMILES string of the molecule is CSc1cc2c(s1)C1(OCCc3ccsc31)OCC2. The maximum absolute atomic E-state index is 6.16. The molecule has 2 aliphatic heterocycles. The highest BCUT2D eigenvalue weighted by atomic mass is 32.2. The Morgan fingerprint density at radius 1 is 1.16 bits per heavy atom. The van der Waals surface area contributed by atoms with Gasteiger partial charge in [-0.2, -0.15) is 0 Å². The van der Waals surface area contributed by atoms with Crippen molar-refractivity contribution in [2.75, 3.05) is 19.5 Å². The van der Waals surface area contributed by atoms with Gasteiger partial charge in [-0.25, -0.2) is 0 Å². The van der Waals surface area contributed by atoms with Crippen LogP contribution in [0.2, 0.25) is 0 Å². The van der Waals surface area contributed by atoms with E-state index in [1.807, 2.05) is 11.3 Å². The molecule has 1 atom stereocenters. The van der Waals surface area contributed by atoms with Gasteiger partial charge in [0, 0.05) is 0 Å². The molecular formula is C14H14O2S3. The summed E-state index contributed by atoms with van der Waals surface area (Å²) in [7, 11) is 0. The number of rotatable bonds is 1. The monoisotopic (exact) mass is 310 g/mol. The van der Waals surface area contributed by atoms with Crippen LogP contribution in [0.4, 0.5) is 0 Å². The first-order valence-corrected chi connectivity index (χ1v) is 9.27. The highest BCUT2D eigenvalue weighted by Gasteiger charge is 2.47. The minimum Gasteiger partial charge on any atom is -0.341 e. The molecular weight excluding hydrogens is 296 g/mol. The molecule has 2 aromatic heterocycles. The quantitative estimate of drug-likeness (QED) is 0.745. The Bertz CT molecular complexity index is 612. The van der Waals surface area contributed by atoms with Crippen LogP contribution < -0.4 is 0 Å². The molecule has 0 fully saturated rings. The molecule has 0 aliphatic carbocycles. The Hall–Kier alpha value is -0.330. The second-order valence-electron chi connectivity index (χ2n) is 4.71. The predicted octanol–water partition coefficient (Wildman–Crippen LogP) is 3.88. The van der Waals surface area contributed by atoms with Gasteiger partial charge in [0.05, 0.1) is 27.2 Å². The molecule has 1 spiro atoms. The van der Waals surface area contributed by atoms with Gasteiger partial charge in [0.15, 0.2) is 0 Å². The molecule has 4 heterocycles. The van der Waals surface area contributed by atoms with Crippen LogP contribution >= 0.6 is 34.4 Å². The van der Waals surface area contributed by atoms with Crippen molar-refractivity contribution < 1.29 is 9.47 Å². The largest absolute Gasteiger partial charge is 0.341 e. The van der Waals surface area contributed by atoms with Crippen molar-refractivity contribution >= 4 is 34.4 Å². The van der Waals surface area contributed by atoms with Gasteiger partial charge in [0.1, 0.15) is 0 Å². The fourth-order valence-corrected chi connectivity index (χ4v) is 5.83. The molecule has 2 aliphatic rings. The summed E-state index contributed by atoms with van der Waals surface area (Å²) in [5.41, 5.74) is 2.80. The summed E-state index contributed by atoms with van der Waals surface area (Å²) in [5.74, 6) is -0.603. The third-order valence-electron chi connectivity index (χ3n) is 3.69. The molecule has 0 saturated heterocycles. The van der Waals surface area contributed by atoms with Crippen molar-refractivity contribution in [2.45, 2.75) is 22.8 Å². The van der Waals surface area contributed by atoms with Crippen molar-refractivity contribution in [2.24, 2.45) is 0 Å². The molecule has 4 rings (SSSR count). The number of fused-ring (bicyclic) bond motifs is 4. The van der Waals surface area contributed by atoms with E-state index in [2.05, 4.69) is 23.8 Å². The van der Waals surface area contributed by atoms with E-state index >= 15 is 0 Å². The van der Waals surface area contributed by atoms with Gasteiger partial charge in [-0.15, -0.1) is 34.4 Å². The van der Waals surface area contributed by atoms with Crippen LogP contribution in [0.3, 0.4) is 0 Å². The first-order chi connectivity index (χ1) is 9.33. The van der Waals surface area contributed by atoms with Gasteiger partial charge in [0.2, 0.25) is 5.79 Å². The highest BCUT2D eigenvalue weighted by Crippen LogP contribution is 2.50. The lowest BCUT2D eigenvalue weighted by atomic mass is 9.98. The summed E-state index contributed by atoms with van der Waals surface area (Å²) in [4.78, 5) is 2.53. The fraction of sp³-hybridized carbons (Fsp3) is 0.429. The molecule has 5 heteroatoms. The maximum Gasteiger partial charge on any atom is 0.241 e. The number of hydrogen-bond acceptors (Lipinski definition) is 5. The third kappa shape index (κ3) is 1.76. The van der Waals surface area contributed by atoms with Crippen molar-refractivity contribution in [3.8, 4) is 0 Å².